The molecule has 3 aromatic heterocycles. The first-order valence-corrected chi connectivity index (χ1v) is 6.14. The molecule has 3 heterocycles. The zero-order valence-corrected chi connectivity index (χ0v) is 11.1. The van der Waals surface area contributed by atoms with Crippen molar-refractivity contribution in [3.63, 3.8) is 0 Å². The van der Waals surface area contributed by atoms with Crippen molar-refractivity contribution in [2.75, 3.05) is 0 Å². The Morgan fingerprint density at radius 2 is 2.21 bits per heavy atom. The Bertz CT molecular complexity index is 770. The van der Waals surface area contributed by atoms with Crippen LogP contribution in [0.5, 0.6) is 0 Å². The first kappa shape index (κ1) is 11.8. The molecule has 0 aliphatic rings. The van der Waals surface area contributed by atoms with Crippen LogP contribution in [0.3, 0.4) is 0 Å². The second-order valence-corrected chi connectivity index (χ2v) is 4.66. The standard InChI is InChI=1S/C12H7BrN4O2/c13-8-6-15-17-10(12(18)19)4-9(16-11(8)17)7-2-1-3-14-5-7/h1-6H,(H,18,19). The van der Waals surface area contributed by atoms with Crippen molar-refractivity contribution in [1.82, 2.24) is 19.6 Å². The number of carboxylic acid groups (broad SMARTS) is 1. The third-order valence-corrected chi connectivity index (χ3v) is 3.16. The summed E-state index contributed by atoms with van der Waals surface area (Å²) in [5.41, 5.74) is 1.80. The molecule has 0 atom stereocenters. The highest BCUT2D eigenvalue weighted by Gasteiger charge is 2.15. The Morgan fingerprint density at radius 1 is 1.37 bits per heavy atom. The van der Waals surface area contributed by atoms with Gasteiger partial charge in [0.05, 0.1) is 16.4 Å². The van der Waals surface area contributed by atoms with Gasteiger partial charge in [0.15, 0.2) is 11.3 Å². The number of pyridine rings is 1. The summed E-state index contributed by atoms with van der Waals surface area (Å²) in [6, 6.07) is 5.07. The van der Waals surface area contributed by atoms with Gasteiger partial charge in [0, 0.05) is 18.0 Å². The van der Waals surface area contributed by atoms with E-state index in [0.717, 1.165) is 5.56 Å². The average molecular weight is 319 g/mol. The molecule has 6 nitrogen and oxygen atoms in total. The topological polar surface area (TPSA) is 80.4 Å². The fraction of sp³-hybridized carbons (Fsp3) is 0. The third-order valence-electron chi connectivity index (χ3n) is 2.61. The van der Waals surface area contributed by atoms with Gasteiger partial charge in [0.2, 0.25) is 0 Å². The van der Waals surface area contributed by atoms with Crippen LogP contribution in [-0.2, 0) is 0 Å². The number of fused-ring (bicyclic) bond motifs is 1. The van der Waals surface area contributed by atoms with Crippen LogP contribution in [0, 0.1) is 0 Å². The molecule has 0 unspecified atom stereocenters. The normalized spacial score (nSPS) is 10.8. The smallest absolute Gasteiger partial charge is 0.354 e. The van der Waals surface area contributed by atoms with E-state index in [1.165, 1.54) is 16.8 Å². The molecule has 0 saturated carbocycles. The fourth-order valence-electron chi connectivity index (χ4n) is 1.75. The van der Waals surface area contributed by atoms with Gasteiger partial charge in [-0.25, -0.2) is 14.3 Å². The van der Waals surface area contributed by atoms with Gasteiger partial charge in [-0.1, -0.05) is 0 Å². The van der Waals surface area contributed by atoms with Crippen LogP contribution in [-0.4, -0.2) is 30.7 Å². The molecule has 0 saturated heterocycles. The second kappa shape index (κ2) is 4.43. The molecule has 0 fully saturated rings. The summed E-state index contributed by atoms with van der Waals surface area (Å²) in [6.45, 7) is 0. The minimum absolute atomic E-state index is 0.0505. The molecule has 0 spiro atoms. The fourth-order valence-corrected chi connectivity index (χ4v) is 2.10. The van der Waals surface area contributed by atoms with Crippen LogP contribution >= 0.6 is 15.9 Å². The van der Waals surface area contributed by atoms with E-state index in [4.69, 9.17) is 0 Å². The number of aromatic carboxylic acids is 1. The number of rotatable bonds is 2. The number of aromatic nitrogens is 4. The molecule has 94 valence electrons. The van der Waals surface area contributed by atoms with Crippen molar-refractivity contribution in [3.05, 3.63) is 47.0 Å². The van der Waals surface area contributed by atoms with Crippen LogP contribution in [0.2, 0.25) is 0 Å². The Hall–Kier alpha value is -2.28. The van der Waals surface area contributed by atoms with E-state index >= 15 is 0 Å². The molecule has 0 aromatic carbocycles. The van der Waals surface area contributed by atoms with Crippen molar-refractivity contribution >= 4 is 27.5 Å². The number of halogens is 1. The van der Waals surface area contributed by atoms with Crippen LogP contribution in [0.25, 0.3) is 16.9 Å². The van der Waals surface area contributed by atoms with Crippen molar-refractivity contribution < 1.29 is 9.90 Å². The predicted octanol–water partition coefficient (Wildman–Crippen LogP) is 2.25. The first-order valence-electron chi connectivity index (χ1n) is 5.35. The van der Waals surface area contributed by atoms with Crippen molar-refractivity contribution in [2.45, 2.75) is 0 Å². The van der Waals surface area contributed by atoms with E-state index in [9.17, 15) is 9.90 Å². The van der Waals surface area contributed by atoms with Gasteiger partial charge in [-0.3, -0.25) is 4.98 Å². The summed E-state index contributed by atoms with van der Waals surface area (Å²) in [5, 5.41) is 13.2. The molecule has 0 amide bonds. The molecule has 3 rings (SSSR count). The van der Waals surface area contributed by atoms with Gasteiger partial charge >= 0.3 is 5.97 Å². The largest absolute Gasteiger partial charge is 0.477 e. The molecule has 3 aromatic rings. The van der Waals surface area contributed by atoms with Crippen LogP contribution in [0.15, 0.2) is 41.3 Å². The zero-order valence-electron chi connectivity index (χ0n) is 9.49. The molecule has 0 bridgehead atoms. The zero-order chi connectivity index (χ0) is 13.4. The second-order valence-electron chi connectivity index (χ2n) is 3.80. The minimum Gasteiger partial charge on any atom is -0.477 e. The number of carboxylic acids is 1. The maximum absolute atomic E-state index is 11.3. The van der Waals surface area contributed by atoms with Crippen molar-refractivity contribution in [3.8, 4) is 11.3 Å². The van der Waals surface area contributed by atoms with Crippen LogP contribution < -0.4 is 0 Å². The van der Waals surface area contributed by atoms with Crippen molar-refractivity contribution in [2.24, 2.45) is 0 Å². The van der Waals surface area contributed by atoms with Gasteiger partial charge in [0.25, 0.3) is 0 Å². The summed E-state index contributed by atoms with van der Waals surface area (Å²) < 4.78 is 1.92. The molecular weight excluding hydrogens is 312 g/mol. The molecule has 19 heavy (non-hydrogen) atoms. The first-order chi connectivity index (χ1) is 9.16. The lowest BCUT2D eigenvalue weighted by molar-refractivity contribution is 0.0687. The average Bonchev–Trinajstić information content (AvgIpc) is 2.80. The van der Waals surface area contributed by atoms with E-state index in [2.05, 4.69) is 31.0 Å². The number of hydrogen-bond donors (Lipinski definition) is 1. The highest BCUT2D eigenvalue weighted by Crippen LogP contribution is 2.23. The van der Waals surface area contributed by atoms with Crippen LogP contribution in [0.1, 0.15) is 10.5 Å². The number of carbonyl (C=O) groups is 1. The molecule has 0 aliphatic carbocycles. The maximum Gasteiger partial charge on any atom is 0.354 e. The summed E-state index contributed by atoms with van der Waals surface area (Å²) in [5.74, 6) is -1.06. The lowest BCUT2D eigenvalue weighted by atomic mass is 10.2. The monoisotopic (exact) mass is 318 g/mol. The highest BCUT2D eigenvalue weighted by molar-refractivity contribution is 9.10. The van der Waals surface area contributed by atoms with Gasteiger partial charge in [-0.15, -0.1) is 0 Å². The molecule has 0 radical (unpaired) electrons. The lowest BCUT2D eigenvalue weighted by Crippen LogP contribution is -2.08. The van der Waals surface area contributed by atoms with E-state index in [1.807, 2.05) is 6.07 Å². The Labute approximate surface area is 115 Å². The summed E-state index contributed by atoms with van der Waals surface area (Å²) >= 11 is 3.30. The summed E-state index contributed by atoms with van der Waals surface area (Å²) in [7, 11) is 0. The molecule has 7 heteroatoms. The number of hydrogen-bond acceptors (Lipinski definition) is 4. The summed E-state index contributed by atoms with van der Waals surface area (Å²) in [4.78, 5) is 19.7. The number of nitrogens with zero attached hydrogens (tertiary/aromatic N) is 4. The lowest BCUT2D eigenvalue weighted by Gasteiger charge is -2.04. The predicted molar refractivity (Wildman–Crippen MR) is 70.9 cm³/mol. The quantitative estimate of drug-likeness (QED) is 0.783. The molecular formula is C12H7BrN4O2. The third kappa shape index (κ3) is 1.97. The highest BCUT2D eigenvalue weighted by atomic mass is 79.9. The summed E-state index contributed by atoms with van der Waals surface area (Å²) in [6.07, 6.45) is 4.80. The SMILES string of the molecule is O=C(O)c1cc(-c2cccnc2)nc2c(Br)cnn12. The minimum atomic E-state index is -1.06. The molecule has 0 aliphatic heterocycles. The van der Waals surface area contributed by atoms with E-state index in [-0.39, 0.29) is 5.69 Å². The van der Waals surface area contributed by atoms with Gasteiger partial charge in [-0.2, -0.15) is 5.10 Å². The van der Waals surface area contributed by atoms with E-state index in [1.54, 1.807) is 18.5 Å². The van der Waals surface area contributed by atoms with Crippen LogP contribution in [0.4, 0.5) is 0 Å². The Kier molecular flexibility index (Phi) is 2.75. The van der Waals surface area contributed by atoms with E-state index in [0.29, 0.717) is 15.8 Å². The Balaban J connectivity index is 2.33. The Morgan fingerprint density at radius 3 is 2.89 bits per heavy atom. The molecule has 1 N–H and O–H groups in total. The maximum atomic E-state index is 11.3. The van der Waals surface area contributed by atoms with Gasteiger partial charge in [-0.05, 0) is 34.1 Å². The van der Waals surface area contributed by atoms with Gasteiger partial charge in [0.1, 0.15) is 0 Å². The van der Waals surface area contributed by atoms with Crippen molar-refractivity contribution in [1.29, 1.82) is 0 Å². The van der Waals surface area contributed by atoms with E-state index < -0.39 is 5.97 Å². The van der Waals surface area contributed by atoms with Gasteiger partial charge < -0.3 is 5.11 Å².